The summed E-state index contributed by atoms with van der Waals surface area (Å²) in [4.78, 5) is 21.4. The largest absolute Gasteiger partial charge is 0.355 e. The van der Waals surface area contributed by atoms with Crippen molar-refractivity contribution in [2.24, 2.45) is 0 Å². The van der Waals surface area contributed by atoms with E-state index in [1.807, 2.05) is 40.9 Å². The van der Waals surface area contributed by atoms with Crippen LogP contribution in [0.25, 0.3) is 0 Å². The molecule has 20 heavy (non-hydrogen) atoms. The van der Waals surface area contributed by atoms with Gasteiger partial charge in [-0.15, -0.1) is 0 Å². The van der Waals surface area contributed by atoms with E-state index >= 15 is 0 Å². The van der Waals surface area contributed by atoms with Gasteiger partial charge < -0.3 is 15.2 Å². The average molecular weight is 288 g/mol. The average Bonchev–Trinajstić information content (AvgIpc) is 2.97. The lowest BCUT2D eigenvalue weighted by Gasteiger charge is -2.25. The van der Waals surface area contributed by atoms with Crippen LogP contribution in [0.4, 0.5) is 11.5 Å². The van der Waals surface area contributed by atoms with Crippen LogP contribution in [-0.4, -0.2) is 45.4 Å². The standard InChI is InChI=1S/C14H16N4OS/c19-14(18-5-7-20-8-6-18)12-9-11(10-16-12)17-13-3-1-2-4-15-13/h1-4,9-10,16H,5-8H2,(H,15,17). The Bertz CT molecular complexity index is 578. The molecule has 1 fully saturated rings. The summed E-state index contributed by atoms with van der Waals surface area (Å²) in [6.07, 6.45) is 3.52. The number of hydrogen-bond donors (Lipinski definition) is 2. The Hall–Kier alpha value is -1.95. The molecule has 2 aromatic heterocycles. The molecule has 0 atom stereocenters. The van der Waals surface area contributed by atoms with E-state index in [1.54, 1.807) is 12.4 Å². The van der Waals surface area contributed by atoms with Gasteiger partial charge in [0, 0.05) is 37.0 Å². The number of pyridine rings is 1. The summed E-state index contributed by atoms with van der Waals surface area (Å²) in [5.74, 6) is 2.87. The molecule has 2 N–H and O–H groups in total. The minimum atomic E-state index is 0.0689. The number of rotatable bonds is 3. The molecule has 1 aliphatic heterocycles. The van der Waals surface area contributed by atoms with Crippen molar-refractivity contribution in [3.05, 3.63) is 42.4 Å². The number of hydrogen-bond acceptors (Lipinski definition) is 4. The highest BCUT2D eigenvalue weighted by Crippen LogP contribution is 2.18. The van der Waals surface area contributed by atoms with Gasteiger partial charge in [0.2, 0.25) is 0 Å². The molecule has 0 saturated carbocycles. The molecule has 2 aromatic rings. The predicted octanol–water partition coefficient (Wildman–Crippen LogP) is 2.34. The molecule has 0 aromatic carbocycles. The molecule has 0 spiro atoms. The van der Waals surface area contributed by atoms with E-state index in [-0.39, 0.29) is 5.91 Å². The highest BCUT2D eigenvalue weighted by atomic mass is 32.2. The van der Waals surface area contributed by atoms with Crippen LogP contribution in [0, 0.1) is 0 Å². The Morgan fingerprint density at radius 2 is 2.20 bits per heavy atom. The highest BCUT2D eigenvalue weighted by Gasteiger charge is 2.19. The number of nitrogens with zero attached hydrogens (tertiary/aromatic N) is 2. The van der Waals surface area contributed by atoms with Gasteiger partial charge in [0.25, 0.3) is 5.91 Å². The fourth-order valence-corrected chi connectivity index (χ4v) is 3.01. The second-order valence-electron chi connectivity index (χ2n) is 4.55. The van der Waals surface area contributed by atoms with Crippen molar-refractivity contribution in [3.8, 4) is 0 Å². The first-order valence-electron chi connectivity index (χ1n) is 6.56. The minimum Gasteiger partial charge on any atom is -0.355 e. The van der Waals surface area contributed by atoms with Crippen molar-refractivity contribution in [1.29, 1.82) is 0 Å². The molecule has 5 nitrogen and oxygen atoms in total. The fourth-order valence-electron chi connectivity index (χ4n) is 2.11. The molecule has 1 amide bonds. The van der Waals surface area contributed by atoms with E-state index in [4.69, 9.17) is 0 Å². The summed E-state index contributed by atoms with van der Waals surface area (Å²) >= 11 is 1.89. The van der Waals surface area contributed by atoms with Crippen molar-refractivity contribution in [1.82, 2.24) is 14.9 Å². The molecular weight excluding hydrogens is 272 g/mol. The van der Waals surface area contributed by atoms with Gasteiger partial charge in [-0.05, 0) is 18.2 Å². The van der Waals surface area contributed by atoms with Crippen molar-refractivity contribution < 1.29 is 4.79 Å². The maximum absolute atomic E-state index is 12.3. The zero-order chi connectivity index (χ0) is 13.8. The third-order valence-electron chi connectivity index (χ3n) is 3.15. The second-order valence-corrected chi connectivity index (χ2v) is 5.77. The molecule has 104 valence electrons. The lowest BCUT2D eigenvalue weighted by atomic mass is 10.3. The first-order chi connectivity index (χ1) is 9.83. The van der Waals surface area contributed by atoms with E-state index in [0.717, 1.165) is 36.1 Å². The lowest BCUT2D eigenvalue weighted by Crippen LogP contribution is -2.38. The van der Waals surface area contributed by atoms with E-state index in [1.165, 1.54) is 0 Å². The van der Waals surface area contributed by atoms with Gasteiger partial charge in [-0.3, -0.25) is 4.79 Å². The Balaban J connectivity index is 1.68. The van der Waals surface area contributed by atoms with Crippen LogP contribution in [0.5, 0.6) is 0 Å². The number of nitrogens with one attached hydrogen (secondary N) is 2. The molecular formula is C14H16N4OS. The summed E-state index contributed by atoms with van der Waals surface area (Å²) in [6.45, 7) is 1.65. The summed E-state index contributed by atoms with van der Waals surface area (Å²) in [5, 5.41) is 3.16. The van der Waals surface area contributed by atoms with Crippen LogP contribution in [0.2, 0.25) is 0 Å². The normalized spacial score (nSPS) is 15.1. The van der Waals surface area contributed by atoms with Gasteiger partial charge >= 0.3 is 0 Å². The Labute approximate surface area is 121 Å². The van der Waals surface area contributed by atoms with E-state index in [0.29, 0.717) is 5.69 Å². The summed E-state index contributed by atoms with van der Waals surface area (Å²) in [5.41, 5.74) is 1.47. The van der Waals surface area contributed by atoms with E-state index in [9.17, 15) is 4.79 Å². The van der Waals surface area contributed by atoms with Crippen LogP contribution >= 0.6 is 11.8 Å². The molecule has 3 heterocycles. The predicted molar refractivity (Wildman–Crippen MR) is 81.5 cm³/mol. The van der Waals surface area contributed by atoms with Crippen molar-refractivity contribution in [2.45, 2.75) is 0 Å². The topological polar surface area (TPSA) is 61.0 Å². The summed E-state index contributed by atoms with van der Waals surface area (Å²) in [7, 11) is 0. The molecule has 3 rings (SSSR count). The molecule has 1 aliphatic rings. The zero-order valence-electron chi connectivity index (χ0n) is 11.0. The lowest BCUT2D eigenvalue weighted by molar-refractivity contribution is 0.0767. The quantitative estimate of drug-likeness (QED) is 0.910. The molecule has 1 saturated heterocycles. The molecule has 0 bridgehead atoms. The Morgan fingerprint density at radius 1 is 1.35 bits per heavy atom. The number of aromatic amines is 1. The van der Waals surface area contributed by atoms with Crippen LogP contribution in [0.1, 0.15) is 10.5 Å². The fraction of sp³-hybridized carbons (Fsp3) is 0.286. The zero-order valence-corrected chi connectivity index (χ0v) is 11.8. The Morgan fingerprint density at radius 3 is 2.95 bits per heavy atom. The first-order valence-corrected chi connectivity index (χ1v) is 7.72. The molecule has 6 heteroatoms. The van der Waals surface area contributed by atoms with Gasteiger partial charge in [-0.2, -0.15) is 11.8 Å². The number of H-pyrrole nitrogens is 1. The second kappa shape index (κ2) is 6.00. The Kier molecular flexibility index (Phi) is 3.92. The smallest absolute Gasteiger partial charge is 0.270 e. The number of thioether (sulfide) groups is 1. The third kappa shape index (κ3) is 2.96. The number of carbonyl (C=O) groups is 1. The maximum Gasteiger partial charge on any atom is 0.270 e. The summed E-state index contributed by atoms with van der Waals surface area (Å²) < 4.78 is 0. The monoisotopic (exact) mass is 288 g/mol. The number of anilines is 2. The number of amides is 1. The molecule has 0 unspecified atom stereocenters. The number of aromatic nitrogens is 2. The van der Waals surface area contributed by atoms with Crippen molar-refractivity contribution in [3.63, 3.8) is 0 Å². The highest BCUT2D eigenvalue weighted by molar-refractivity contribution is 7.99. The summed E-state index contributed by atoms with van der Waals surface area (Å²) in [6, 6.07) is 7.50. The van der Waals surface area contributed by atoms with Crippen LogP contribution in [-0.2, 0) is 0 Å². The van der Waals surface area contributed by atoms with E-state index in [2.05, 4.69) is 15.3 Å². The first kappa shape index (κ1) is 13.1. The SMILES string of the molecule is O=C(c1cc(Nc2ccccn2)c[nH]1)N1CCSCC1. The maximum atomic E-state index is 12.3. The molecule has 0 radical (unpaired) electrons. The van der Waals surface area contributed by atoms with Crippen LogP contribution < -0.4 is 5.32 Å². The van der Waals surface area contributed by atoms with Gasteiger partial charge in [-0.25, -0.2) is 4.98 Å². The minimum absolute atomic E-state index is 0.0689. The van der Waals surface area contributed by atoms with Gasteiger partial charge in [0.15, 0.2) is 0 Å². The van der Waals surface area contributed by atoms with Gasteiger partial charge in [0.05, 0.1) is 5.69 Å². The third-order valence-corrected chi connectivity index (χ3v) is 4.09. The molecule has 0 aliphatic carbocycles. The van der Waals surface area contributed by atoms with Crippen molar-refractivity contribution >= 4 is 29.2 Å². The van der Waals surface area contributed by atoms with Crippen molar-refractivity contribution in [2.75, 3.05) is 29.9 Å². The number of carbonyl (C=O) groups excluding carboxylic acids is 1. The van der Waals surface area contributed by atoms with Gasteiger partial charge in [0.1, 0.15) is 11.5 Å². The van der Waals surface area contributed by atoms with Gasteiger partial charge in [-0.1, -0.05) is 6.07 Å². The van der Waals surface area contributed by atoms with Crippen LogP contribution in [0.3, 0.4) is 0 Å². The van der Waals surface area contributed by atoms with Crippen LogP contribution in [0.15, 0.2) is 36.7 Å². The van der Waals surface area contributed by atoms with E-state index < -0.39 is 0 Å².